The van der Waals surface area contributed by atoms with Gasteiger partial charge in [-0.25, -0.2) is 4.79 Å². The molecular weight excluding hydrogens is 518 g/mol. The third kappa shape index (κ3) is 10.0. The van der Waals surface area contributed by atoms with Crippen LogP contribution >= 0.6 is 0 Å². The second-order valence-corrected chi connectivity index (χ2v) is 9.67. The molecule has 40 heavy (non-hydrogen) atoms. The van der Waals surface area contributed by atoms with Crippen molar-refractivity contribution in [3.05, 3.63) is 65.7 Å². The van der Waals surface area contributed by atoms with E-state index in [9.17, 15) is 34.2 Å². The third-order valence-corrected chi connectivity index (χ3v) is 6.46. The highest BCUT2D eigenvalue weighted by atomic mass is 16.4. The maximum absolute atomic E-state index is 13.4. The minimum atomic E-state index is -1.30. The fourth-order valence-corrected chi connectivity index (χ4v) is 3.93. The molecule has 12 heteroatoms. The van der Waals surface area contributed by atoms with Crippen LogP contribution in [-0.2, 0) is 36.8 Å². The van der Waals surface area contributed by atoms with E-state index in [1.54, 1.807) is 49.4 Å². The number of hydrogen-bond acceptors (Lipinski definition) is 7. The molecule has 0 heterocycles. The predicted molar refractivity (Wildman–Crippen MR) is 147 cm³/mol. The Morgan fingerprint density at radius 2 is 1.35 bits per heavy atom. The summed E-state index contributed by atoms with van der Waals surface area (Å²) in [6.07, 6.45) is 0.0602. The van der Waals surface area contributed by atoms with Crippen LogP contribution in [0.25, 0.3) is 0 Å². The molecule has 0 bridgehead atoms. The van der Waals surface area contributed by atoms with Gasteiger partial charge in [-0.1, -0.05) is 62.7 Å². The lowest BCUT2D eigenvalue weighted by molar-refractivity contribution is -0.142. The summed E-state index contributed by atoms with van der Waals surface area (Å²) in [7, 11) is 0. The number of phenolic OH excluding ortho intramolecular Hbond substituents is 1. The van der Waals surface area contributed by atoms with Gasteiger partial charge in [0, 0.05) is 12.8 Å². The highest BCUT2D eigenvalue weighted by molar-refractivity contribution is 5.95. The molecule has 0 radical (unpaired) electrons. The lowest BCUT2D eigenvalue weighted by Gasteiger charge is -2.28. The van der Waals surface area contributed by atoms with Crippen LogP contribution in [0.4, 0.5) is 0 Å². The number of carboxylic acid groups (broad SMARTS) is 1. The lowest BCUT2D eigenvalue weighted by atomic mass is 9.96. The van der Waals surface area contributed by atoms with E-state index < -0.39 is 66.1 Å². The zero-order valence-corrected chi connectivity index (χ0v) is 22.5. The summed E-state index contributed by atoms with van der Waals surface area (Å²) >= 11 is 0. The smallest absolute Gasteiger partial charge is 0.326 e. The van der Waals surface area contributed by atoms with Crippen molar-refractivity contribution >= 4 is 29.6 Å². The Bertz CT molecular complexity index is 1170. The Hall–Kier alpha value is -4.45. The molecule has 0 aliphatic rings. The molecule has 0 aliphatic heterocycles. The number of nitrogens with two attached hydrogens (primary N) is 2. The van der Waals surface area contributed by atoms with Crippen LogP contribution in [0.15, 0.2) is 54.6 Å². The average molecular weight is 556 g/mol. The normalized spacial score (nSPS) is 14.6. The number of carboxylic acids is 1. The van der Waals surface area contributed by atoms with Gasteiger partial charge in [0.1, 0.15) is 23.9 Å². The number of nitrogens with one attached hydrogen (secondary N) is 3. The van der Waals surface area contributed by atoms with E-state index >= 15 is 0 Å². The van der Waals surface area contributed by atoms with E-state index in [1.165, 1.54) is 12.1 Å². The number of carbonyl (C=O) groups is 5. The van der Waals surface area contributed by atoms with Gasteiger partial charge in [0.25, 0.3) is 0 Å². The molecule has 0 spiro atoms. The fourth-order valence-electron chi connectivity index (χ4n) is 3.93. The maximum Gasteiger partial charge on any atom is 0.326 e. The van der Waals surface area contributed by atoms with Crippen molar-refractivity contribution in [2.24, 2.45) is 17.4 Å². The predicted octanol–water partition coefficient (Wildman–Crippen LogP) is -0.0348. The van der Waals surface area contributed by atoms with Crippen molar-refractivity contribution in [1.29, 1.82) is 0 Å². The molecule has 12 nitrogen and oxygen atoms in total. The number of hydrogen-bond donors (Lipinski definition) is 7. The van der Waals surface area contributed by atoms with Crippen LogP contribution < -0.4 is 27.4 Å². The zero-order chi connectivity index (χ0) is 29.8. The van der Waals surface area contributed by atoms with Gasteiger partial charge in [-0.05, 0) is 29.2 Å². The van der Waals surface area contributed by atoms with Gasteiger partial charge in [-0.3, -0.25) is 19.2 Å². The van der Waals surface area contributed by atoms with Gasteiger partial charge in [0.2, 0.25) is 23.6 Å². The van der Waals surface area contributed by atoms with Gasteiger partial charge >= 0.3 is 5.97 Å². The van der Waals surface area contributed by atoms with E-state index in [0.717, 1.165) is 0 Å². The second kappa shape index (κ2) is 15.2. The molecule has 4 amide bonds. The summed E-state index contributed by atoms with van der Waals surface area (Å²) < 4.78 is 0. The lowest BCUT2D eigenvalue weighted by Crippen LogP contribution is -2.59. The molecule has 5 unspecified atom stereocenters. The van der Waals surface area contributed by atoms with Gasteiger partial charge in [0.15, 0.2) is 0 Å². The molecule has 216 valence electrons. The molecule has 0 aromatic heterocycles. The quantitative estimate of drug-likeness (QED) is 0.158. The standard InChI is InChI=1S/C28H37N5O7/c1-3-16(2)24(27(38)32-22(28(39)40)14-17-7-5-4-6-8-17)33-26(37)21(13-18-9-11-19(34)12-10-18)31-25(36)20(29)15-23(30)35/h4-12,16,20-22,24,34H,3,13-15,29H2,1-2H3,(H2,30,35)(H,31,36)(H,32,38)(H,33,37)(H,39,40). The van der Waals surface area contributed by atoms with Crippen molar-refractivity contribution < 1.29 is 34.2 Å². The van der Waals surface area contributed by atoms with E-state index in [-0.39, 0.29) is 18.6 Å². The zero-order valence-electron chi connectivity index (χ0n) is 22.5. The Morgan fingerprint density at radius 1 is 0.800 bits per heavy atom. The van der Waals surface area contributed by atoms with Crippen molar-refractivity contribution in [3.8, 4) is 5.75 Å². The first-order valence-electron chi connectivity index (χ1n) is 12.9. The number of amides is 4. The SMILES string of the molecule is CCC(C)C(NC(=O)C(Cc1ccc(O)cc1)NC(=O)C(N)CC(N)=O)C(=O)NC(Cc1ccccc1)C(=O)O. The minimum absolute atomic E-state index is 0.00857. The number of carbonyl (C=O) groups excluding carboxylic acids is 4. The second-order valence-electron chi connectivity index (χ2n) is 9.67. The number of benzene rings is 2. The van der Waals surface area contributed by atoms with E-state index in [1.807, 2.05) is 6.92 Å². The first kappa shape index (κ1) is 31.8. The Morgan fingerprint density at radius 3 is 1.90 bits per heavy atom. The number of phenols is 1. The van der Waals surface area contributed by atoms with Crippen LogP contribution in [0.5, 0.6) is 5.75 Å². The number of primary amides is 1. The highest BCUT2D eigenvalue weighted by Crippen LogP contribution is 2.14. The summed E-state index contributed by atoms with van der Waals surface area (Å²) in [6.45, 7) is 3.54. The minimum Gasteiger partial charge on any atom is -0.508 e. The summed E-state index contributed by atoms with van der Waals surface area (Å²) in [5.74, 6) is -4.61. The Kier molecular flexibility index (Phi) is 12.1. The number of aromatic hydroxyl groups is 1. The molecule has 0 fully saturated rings. The maximum atomic E-state index is 13.4. The first-order chi connectivity index (χ1) is 18.9. The summed E-state index contributed by atoms with van der Waals surface area (Å²) in [6, 6.07) is 9.89. The van der Waals surface area contributed by atoms with Crippen molar-refractivity contribution in [1.82, 2.24) is 16.0 Å². The third-order valence-electron chi connectivity index (χ3n) is 6.46. The van der Waals surface area contributed by atoms with Gasteiger partial charge in [0.05, 0.1) is 12.5 Å². The van der Waals surface area contributed by atoms with Crippen LogP contribution in [0, 0.1) is 5.92 Å². The molecule has 0 saturated carbocycles. The molecule has 9 N–H and O–H groups in total. The van der Waals surface area contributed by atoms with Crippen LogP contribution in [0.3, 0.4) is 0 Å². The van der Waals surface area contributed by atoms with Crippen molar-refractivity contribution in [3.63, 3.8) is 0 Å². The van der Waals surface area contributed by atoms with Crippen molar-refractivity contribution in [2.45, 2.75) is 63.7 Å². The average Bonchev–Trinajstić information content (AvgIpc) is 2.91. The molecule has 0 aliphatic carbocycles. The summed E-state index contributed by atoms with van der Waals surface area (Å²) in [5, 5.41) is 27.0. The molecule has 5 atom stereocenters. The molecule has 0 saturated heterocycles. The van der Waals surface area contributed by atoms with Crippen molar-refractivity contribution in [2.75, 3.05) is 0 Å². The van der Waals surface area contributed by atoms with Crippen LogP contribution in [0.1, 0.15) is 37.8 Å². The summed E-state index contributed by atoms with van der Waals surface area (Å²) in [5.41, 5.74) is 12.2. The van der Waals surface area contributed by atoms with Gasteiger partial charge < -0.3 is 37.6 Å². The molecular formula is C28H37N5O7. The molecule has 2 aromatic rings. The van der Waals surface area contributed by atoms with E-state index in [2.05, 4.69) is 16.0 Å². The monoisotopic (exact) mass is 555 g/mol. The fraction of sp³-hybridized carbons (Fsp3) is 0.393. The highest BCUT2D eigenvalue weighted by Gasteiger charge is 2.33. The van der Waals surface area contributed by atoms with Gasteiger partial charge in [-0.15, -0.1) is 0 Å². The Labute approximate surface area is 232 Å². The van der Waals surface area contributed by atoms with Crippen LogP contribution in [-0.4, -0.2) is 64.0 Å². The van der Waals surface area contributed by atoms with Gasteiger partial charge in [-0.2, -0.15) is 0 Å². The molecule has 2 aromatic carbocycles. The van der Waals surface area contributed by atoms with Crippen LogP contribution in [0.2, 0.25) is 0 Å². The topological polar surface area (TPSA) is 214 Å². The van der Waals surface area contributed by atoms with E-state index in [4.69, 9.17) is 11.5 Å². The largest absolute Gasteiger partial charge is 0.508 e. The Balaban J connectivity index is 2.25. The number of rotatable bonds is 15. The first-order valence-corrected chi connectivity index (χ1v) is 12.9. The van der Waals surface area contributed by atoms with E-state index in [0.29, 0.717) is 17.5 Å². The number of aliphatic carboxylic acids is 1. The molecule has 2 rings (SSSR count). The summed E-state index contributed by atoms with van der Waals surface area (Å²) in [4.78, 5) is 62.5.